The summed E-state index contributed by atoms with van der Waals surface area (Å²) in [5, 5.41) is 0. The topological polar surface area (TPSA) is 9.23 Å². The van der Waals surface area contributed by atoms with Gasteiger partial charge in [0.15, 0.2) is 0 Å². The largest absolute Gasteiger partial charge is 0.496 e. The predicted octanol–water partition coefficient (Wildman–Crippen LogP) is 3.43. The Morgan fingerprint density at radius 3 is 2.71 bits per heavy atom. The Morgan fingerprint density at radius 1 is 1.50 bits per heavy atom. The molecule has 0 N–H and O–H groups in total. The molecule has 0 saturated carbocycles. The molecule has 1 aromatic carbocycles. The number of hydrogen-bond acceptors (Lipinski definition) is 1. The van der Waals surface area contributed by atoms with Crippen LogP contribution in [0, 0.1) is 5.82 Å². The van der Waals surface area contributed by atoms with Gasteiger partial charge < -0.3 is 4.74 Å². The number of halogens is 1. The summed E-state index contributed by atoms with van der Waals surface area (Å²) in [5.74, 6) is 0.405. The van der Waals surface area contributed by atoms with E-state index in [1.165, 1.54) is 6.07 Å². The first-order valence-electron chi connectivity index (χ1n) is 4.71. The molecular weight excluding hydrogens is 179 g/mol. The van der Waals surface area contributed by atoms with Gasteiger partial charge in [0.05, 0.1) is 7.11 Å². The third kappa shape index (κ3) is 2.13. The second-order valence-corrected chi connectivity index (χ2v) is 3.14. The fourth-order valence-corrected chi connectivity index (χ4v) is 1.42. The van der Waals surface area contributed by atoms with Gasteiger partial charge in [-0.25, -0.2) is 4.39 Å². The normalized spacial score (nSPS) is 9.93. The molecule has 0 saturated heterocycles. The summed E-state index contributed by atoms with van der Waals surface area (Å²) in [6, 6.07) is 3.29. The highest BCUT2D eigenvalue weighted by Crippen LogP contribution is 2.25. The minimum absolute atomic E-state index is 0.207. The Labute approximate surface area is 84.2 Å². The van der Waals surface area contributed by atoms with Crippen LogP contribution in [-0.2, 0) is 6.42 Å². The third-order valence-electron chi connectivity index (χ3n) is 2.13. The first kappa shape index (κ1) is 10.8. The summed E-state index contributed by atoms with van der Waals surface area (Å²) < 4.78 is 18.7. The Kier molecular flexibility index (Phi) is 3.69. The summed E-state index contributed by atoms with van der Waals surface area (Å²) in [4.78, 5) is 0. The first-order chi connectivity index (χ1) is 6.72. The van der Waals surface area contributed by atoms with Crippen LogP contribution in [0.3, 0.4) is 0 Å². The van der Waals surface area contributed by atoms with Crippen molar-refractivity contribution in [3.05, 3.63) is 35.7 Å². The second kappa shape index (κ2) is 4.80. The van der Waals surface area contributed by atoms with E-state index in [-0.39, 0.29) is 5.82 Å². The van der Waals surface area contributed by atoms with Crippen molar-refractivity contribution in [1.29, 1.82) is 0 Å². The lowest BCUT2D eigenvalue weighted by Gasteiger charge is -2.09. The highest BCUT2D eigenvalue weighted by atomic mass is 19.1. The fraction of sp³-hybridized carbons (Fsp3) is 0.333. The van der Waals surface area contributed by atoms with Gasteiger partial charge in [0.1, 0.15) is 11.6 Å². The van der Waals surface area contributed by atoms with Gasteiger partial charge >= 0.3 is 0 Å². The molecule has 2 heteroatoms. The maximum Gasteiger partial charge on any atom is 0.130 e. The quantitative estimate of drug-likeness (QED) is 0.713. The van der Waals surface area contributed by atoms with Crippen molar-refractivity contribution in [2.45, 2.75) is 19.8 Å². The molecule has 0 aliphatic carbocycles. The molecule has 0 aromatic heterocycles. The SMILES string of the molecule is C=Cc1cc(F)c(CCC)c(OC)c1. The maximum atomic E-state index is 13.5. The van der Waals surface area contributed by atoms with Gasteiger partial charge in [-0.2, -0.15) is 0 Å². The van der Waals surface area contributed by atoms with Crippen molar-refractivity contribution in [1.82, 2.24) is 0 Å². The minimum atomic E-state index is -0.207. The standard InChI is InChI=1S/C12H15FO/c1-4-6-10-11(13)7-9(5-2)8-12(10)14-3/h5,7-8H,2,4,6H2,1,3H3. The van der Waals surface area contributed by atoms with Gasteiger partial charge in [0.25, 0.3) is 0 Å². The number of ether oxygens (including phenoxy) is 1. The highest BCUT2D eigenvalue weighted by molar-refractivity contribution is 5.52. The van der Waals surface area contributed by atoms with Gasteiger partial charge in [0.2, 0.25) is 0 Å². The zero-order chi connectivity index (χ0) is 10.6. The molecule has 0 unspecified atom stereocenters. The molecule has 1 rings (SSSR count). The van der Waals surface area contributed by atoms with Crippen LogP contribution in [0.4, 0.5) is 4.39 Å². The zero-order valence-electron chi connectivity index (χ0n) is 8.64. The molecule has 0 heterocycles. The summed E-state index contributed by atoms with van der Waals surface area (Å²) in [6.45, 7) is 5.62. The van der Waals surface area contributed by atoms with Crippen LogP contribution in [0.2, 0.25) is 0 Å². The Bertz CT molecular complexity index is 331. The number of rotatable bonds is 4. The van der Waals surface area contributed by atoms with Crippen molar-refractivity contribution < 1.29 is 9.13 Å². The minimum Gasteiger partial charge on any atom is -0.496 e. The fourth-order valence-electron chi connectivity index (χ4n) is 1.42. The molecule has 76 valence electrons. The molecule has 0 spiro atoms. The number of benzene rings is 1. The van der Waals surface area contributed by atoms with Crippen molar-refractivity contribution in [2.24, 2.45) is 0 Å². The zero-order valence-corrected chi connectivity index (χ0v) is 8.64. The van der Waals surface area contributed by atoms with E-state index in [2.05, 4.69) is 6.58 Å². The molecule has 0 bridgehead atoms. The molecule has 0 aliphatic heterocycles. The molecule has 0 aliphatic rings. The van der Waals surface area contributed by atoms with Crippen LogP contribution >= 0.6 is 0 Å². The summed E-state index contributed by atoms with van der Waals surface area (Å²) in [6.07, 6.45) is 3.22. The van der Waals surface area contributed by atoms with Gasteiger partial charge in [-0.15, -0.1) is 0 Å². The van der Waals surface area contributed by atoms with Gasteiger partial charge in [-0.1, -0.05) is 26.0 Å². The van der Waals surface area contributed by atoms with Gasteiger partial charge in [-0.05, 0) is 24.1 Å². The Morgan fingerprint density at radius 2 is 2.21 bits per heavy atom. The monoisotopic (exact) mass is 194 g/mol. The van der Waals surface area contributed by atoms with E-state index in [4.69, 9.17) is 4.74 Å². The van der Waals surface area contributed by atoms with Crippen LogP contribution in [0.15, 0.2) is 18.7 Å². The van der Waals surface area contributed by atoms with E-state index in [1.54, 1.807) is 19.3 Å². The van der Waals surface area contributed by atoms with Crippen molar-refractivity contribution in [2.75, 3.05) is 7.11 Å². The average molecular weight is 194 g/mol. The first-order valence-corrected chi connectivity index (χ1v) is 4.71. The Hall–Kier alpha value is -1.31. The van der Waals surface area contributed by atoms with E-state index < -0.39 is 0 Å². The molecule has 1 nitrogen and oxygen atoms in total. The maximum absolute atomic E-state index is 13.5. The van der Waals surface area contributed by atoms with Crippen LogP contribution in [0.1, 0.15) is 24.5 Å². The van der Waals surface area contributed by atoms with E-state index >= 15 is 0 Å². The molecule has 0 fully saturated rings. The number of methoxy groups -OCH3 is 1. The van der Waals surface area contributed by atoms with Crippen LogP contribution in [-0.4, -0.2) is 7.11 Å². The molecule has 1 aromatic rings. The lowest BCUT2D eigenvalue weighted by molar-refractivity contribution is 0.404. The smallest absolute Gasteiger partial charge is 0.130 e. The average Bonchev–Trinajstić information content (AvgIpc) is 2.20. The second-order valence-electron chi connectivity index (χ2n) is 3.14. The van der Waals surface area contributed by atoms with Gasteiger partial charge in [-0.3, -0.25) is 0 Å². The van der Waals surface area contributed by atoms with Crippen molar-refractivity contribution in [3.63, 3.8) is 0 Å². The van der Waals surface area contributed by atoms with Crippen LogP contribution in [0.25, 0.3) is 6.08 Å². The highest BCUT2D eigenvalue weighted by Gasteiger charge is 2.09. The molecule has 14 heavy (non-hydrogen) atoms. The van der Waals surface area contributed by atoms with Crippen molar-refractivity contribution >= 4 is 6.08 Å². The van der Waals surface area contributed by atoms with Crippen LogP contribution in [0.5, 0.6) is 5.75 Å². The molecule has 0 amide bonds. The van der Waals surface area contributed by atoms with Crippen molar-refractivity contribution in [3.8, 4) is 5.75 Å². The van der Waals surface area contributed by atoms with E-state index in [9.17, 15) is 4.39 Å². The lowest BCUT2D eigenvalue weighted by atomic mass is 10.1. The van der Waals surface area contributed by atoms with E-state index in [1.807, 2.05) is 6.92 Å². The van der Waals surface area contributed by atoms with Crippen LogP contribution < -0.4 is 4.74 Å². The Balaban J connectivity index is 3.19. The van der Waals surface area contributed by atoms with E-state index in [0.29, 0.717) is 17.7 Å². The predicted molar refractivity (Wildman–Crippen MR) is 57.0 cm³/mol. The molecular formula is C12H15FO. The summed E-state index contributed by atoms with van der Waals surface area (Å²) in [7, 11) is 1.56. The molecule has 0 atom stereocenters. The lowest BCUT2D eigenvalue weighted by Crippen LogP contribution is -1.96. The molecule has 0 radical (unpaired) electrons. The number of hydrogen-bond donors (Lipinski definition) is 0. The summed E-state index contributed by atoms with van der Waals surface area (Å²) in [5.41, 5.74) is 1.40. The van der Waals surface area contributed by atoms with E-state index in [0.717, 1.165) is 12.0 Å². The van der Waals surface area contributed by atoms with Gasteiger partial charge in [0, 0.05) is 5.56 Å². The third-order valence-corrected chi connectivity index (χ3v) is 2.13. The summed E-state index contributed by atoms with van der Waals surface area (Å²) >= 11 is 0.